The molecule has 1 aliphatic heterocycles. The highest BCUT2D eigenvalue weighted by Crippen LogP contribution is 2.20. The number of carbonyl (C=O) groups excluding carboxylic acids is 2. The van der Waals surface area contributed by atoms with E-state index in [0.29, 0.717) is 24.5 Å². The van der Waals surface area contributed by atoms with Crippen LogP contribution in [0, 0.1) is 0 Å². The zero-order chi connectivity index (χ0) is 18.7. The van der Waals surface area contributed by atoms with Crippen molar-refractivity contribution in [2.75, 3.05) is 32.5 Å². The first-order chi connectivity index (χ1) is 12.5. The molecular weight excluding hydrogens is 334 g/mol. The van der Waals surface area contributed by atoms with E-state index in [2.05, 4.69) is 15.3 Å². The molecule has 1 aliphatic rings. The van der Waals surface area contributed by atoms with Crippen LogP contribution in [0.4, 0.5) is 5.69 Å². The molecule has 1 fully saturated rings. The molecule has 2 aromatic rings. The number of rotatable bonds is 6. The van der Waals surface area contributed by atoms with Crippen molar-refractivity contribution in [2.24, 2.45) is 0 Å². The van der Waals surface area contributed by atoms with Crippen LogP contribution >= 0.6 is 0 Å². The maximum Gasteiger partial charge on any atom is 0.291 e. The molecule has 3 rings (SSSR count). The highest BCUT2D eigenvalue weighted by Gasteiger charge is 2.23. The maximum atomic E-state index is 12.5. The number of nitrogens with one attached hydrogen (secondary N) is 1. The predicted octanol–water partition coefficient (Wildman–Crippen LogP) is 2.05. The maximum absolute atomic E-state index is 12.5. The minimum Gasteiger partial charge on any atom is -0.455 e. The summed E-state index contributed by atoms with van der Waals surface area (Å²) in [5.74, 6) is 0.396. The van der Waals surface area contributed by atoms with E-state index in [9.17, 15) is 9.59 Å². The van der Waals surface area contributed by atoms with Crippen molar-refractivity contribution in [1.82, 2.24) is 19.6 Å². The van der Waals surface area contributed by atoms with E-state index in [0.717, 1.165) is 18.8 Å². The fourth-order valence-electron chi connectivity index (χ4n) is 3.08. The fraction of sp³-hybridized carbons (Fsp3) is 0.500. The van der Waals surface area contributed by atoms with Crippen molar-refractivity contribution in [2.45, 2.75) is 32.9 Å². The third-order valence-electron chi connectivity index (χ3n) is 4.46. The van der Waals surface area contributed by atoms with E-state index >= 15 is 0 Å². The van der Waals surface area contributed by atoms with Gasteiger partial charge in [0.2, 0.25) is 0 Å². The summed E-state index contributed by atoms with van der Waals surface area (Å²) in [6.07, 6.45) is 3.91. The van der Waals surface area contributed by atoms with Crippen molar-refractivity contribution in [1.29, 1.82) is 0 Å². The summed E-state index contributed by atoms with van der Waals surface area (Å²) in [6.45, 7) is 5.27. The molecule has 0 saturated carbocycles. The molecule has 140 valence electrons. The number of amides is 2. The smallest absolute Gasteiger partial charge is 0.291 e. The summed E-state index contributed by atoms with van der Waals surface area (Å²) in [4.78, 5) is 28.7. The molecule has 3 heterocycles. The molecule has 0 bridgehead atoms. The van der Waals surface area contributed by atoms with Gasteiger partial charge >= 0.3 is 0 Å². The van der Waals surface area contributed by atoms with Crippen LogP contribution < -0.4 is 5.32 Å². The lowest BCUT2D eigenvalue weighted by molar-refractivity contribution is 0.0816. The molecule has 2 amide bonds. The summed E-state index contributed by atoms with van der Waals surface area (Å²) in [7, 11) is 3.33. The Balaban J connectivity index is 1.73. The summed E-state index contributed by atoms with van der Waals surface area (Å²) in [5, 5.41) is 6.92. The lowest BCUT2D eigenvalue weighted by atomic mass is 10.3. The van der Waals surface area contributed by atoms with Gasteiger partial charge in [-0.1, -0.05) is 0 Å². The second-order valence-corrected chi connectivity index (χ2v) is 6.63. The number of nitrogens with zero attached hydrogens (tertiary/aromatic N) is 4. The summed E-state index contributed by atoms with van der Waals surface area (Å²) >= 11 is 0. The average molecular weight is 359 g/mol. The topological polar surface area (TPSA) is 83.6 Å². The first kappa shape index (κ1) is 18.2. The SMILES string of the molecule is CCn1ncc(NC(=O)c2ccc(CN3CCCC3)o2)c1C(=O)N(C)C. The first-order valence-corrected chi connectivity index (χ1v) is 8.89. The van der Waals surface area contributed by atoms with Crippen LogP contribution in [-0.4, -0.2) is 58.6 Å². The Hall–Kier alpha value is -2.61. The molecule has 0 atom stereocenters. The molecule has 26 heavy (non-hydrogen) atoms. The Kier molecular flexibility index (Phi) is 5.41. The third-order valence-corrected chi connectivity index (χ3v) is 4.46. The van der Waals surface area contributed by atoms with Crippen molar-refractivity contribution >= 4 is 17.5 Å². The molecule has 8 nitrogen and oxygen atoms in total. The lowest BCUT2D eigenvalue weighted by Gasteiger charge is -2.13. The van der Waals surface area contributed by atoms with Gasteiger partial charge in [-0.3, -0.25) is 19.2 Å². The van der Waals surface area contributed by atoms with Crippen molar-refractivity contribution < 1.29 is 14.0 Å². The van der Waals surface area contributed by atoms with Crippen LogP contribution in [0.1, 0.15) is 46.6 Å². The van der Waals surface area contributed by atoms with Gasteiger partial charge in [-0.15, -0.1) is 0 Å². The van der Waals surface area contributed by atoms with Gasteiger partial charge in [0.05, 0.1) is 18.4 Å². The van der Waals surface area contributed by atoms with Crippen molar-refractivity contribution in [3.63, 3.8) is 0 Å². The van der Waals surface area contributed by atoms with Crippen LogP contribution in [0.25, 0.3) is 0 Å². The Bertz CT molecular complexity index is 787. The number of anilines is 1. The van der Waals surface area contributed by atoms with Gasteiger partial charge in [0.15, 0.2) is 5.76 Å². The number of aryl methyl sites for hydroxylation is 1. The number of hydrogen-bond acceptors (Lipinski definition) is 5. The van der Waals surface area contributed by atoms with Crippen LogP contribution in [0.3, 0.4) is 0 Å². The van der Waals surface area contributed by atoms with E-state index in [-0.39, 0.29) is 17.6 Å². The number of hydrogen-bond donors (Lipinski definition) is 1. The zero-order valence-corrected chi connectivity index (χ0v) is 15.5. The minimum atomic E-state index is -0.388. The third kappa shape index (κ3) is 3.80. The van der Waals surface area contributed by atoms with Gasteiger partial charge in [0, 0.05) is 20.6 Å². The van der Waals surface area contributed by atoms with E-state index in [1.54, 1.807) is 24.8 Å². The van der Waals surface area contributed by atoms with E-state index < -0.39 is 0 Å². The Morgan fingerprint density at radius 1 is 1.27 bits per heavy atom. The number of aromatic nitrogens is 2. The molecule has 0 aromatic carbocycles. The number of furan rings is 1. The normalized spacial score (nSPS) is 14.6. The molecule has 2 aromatic heterocycles. The minimum absolute atomic E-state index is 0.214. The Morgan fingerprint density at radius 2 is 2.00 bits per heavy atom. The molecule has 0 unspecified atom stereocenters. The predicted molar refractivity (Wildman–Crippen MR) is 97.1 cm³/mol. The monoisotopic (exact) mass is 359 g/mol. The molecule has 1 saturated heterocycles. The Labute approximate surface area is 152 Å². The summed E-state index contributed by atoms with van der Waals surface area (Å²) < 4.78 is 7.25. The largest absolute Gasteiger partial charge is 0.455 e. The molecular formula is C18H25N5O3. The van der Waals surface area contributed by atoms with Crippen molar-refractivity contribution in [3.05, 3.63) is 35.5 Å². The summed E-state index contributed by atoms with van der Waals surface area (Å²) in [5.41, 5.74) is 0.739. The van der Waals surface area contributed by atoms with Gasteiger partial charge in [0.25, 0.3) is 11.8 Å². The van der Waals surface area contributed by atoms with E-state index in [1.165, 1.54) is 23.9 Å². The Morgan fingerprint density at radius 3 is 2.65 bits per heavy atom. The molecule has 1 N–H and O–H groups in total. The molecule has 0 radical (unpaired) electrons. The number of likely N-dealkylation sites (tertiary alicyclic amines) is 1. The van der Waals surface area contributed by atoms with E-state index in [4.69, 9.17) is 4.42 Å². The van der Waals surface area contributed by atoms with Gasteiger partial charge < -0.3 is 14.6 Å². The standard InChI is InChI=1S/C18H25N5O3/c1-4-23-16(18(25)21(2)3)14(11-19-23)20-17(24)15-8-7-13(26-15)12-22-9-5-6-10-22/h7-8,11H,4-6,9-10,12H2,1-3H3,(H,20,24). The van der Waals surface area contributed by atoms with Crippen molar-refractivity contribution in [3.8, 4) is 0 Å². The fourth-order valence-corrected chi connectivity index (χ4v) is 3.08. The first-order valence-electron chi connectivity index (χ1n) is 8.89. The van der Waals surface area contributed by atoms with Gasteiger partial charge in [-0.05, 0) is 45.0 Å². The second kappa shape index (κ2) is 7.74. The quantitative estimate of drug-likeness (QED) is 0.853. The van der Waals surface area contributed by atoms with Crippen LogP contribution in [-0.2, 0) is 13.1 Å². The second-order valence-electron chi connectivity index (χ2n) is 6.63. The van der Waals surface area contributed by atoms with Crippen LogP contribution in [0.2, 0.25) is 0 Å². The van der Waals surface area contributed by atoms with Gasteiger partial charge in [-0.2, -0.15) is 5.10 Å². The number of carbonyl (C=O) groups is 2. The average Bonchev–Trinajstić information content (AvgIpc) is 3.35. The highest BCUT2D eigenvalue weighted by molar-refractivity contribution is 6.07. The molecule has 8 heteroatoms. The molecule has 0 aliphatic carbocycles. The van der Waals surface area contributed by atoms with Crippen LogP contribution in [0.5, 0.6) is 0 Å². The van der Waals surface area contributed by atoms with Gasteiger partial charge in [0.1, 0.15) is 11.5 Å². The van der Waals surface area contributed by atoms with Gasteiger partial charge in [-0.25, -0.2) is 0 Å². The highest BCUT2D eigenvalue weighted by atomic mass is 16.4. The lowest BCUT2D eigenvalue weighted by Crippen LogP contribution is -2.26. The zero-order valence-electron chi connectivity index (χ0n) is 15.5. The van der Waals surface area contributed by atoms with E-state index in [1.807, 2.05) is 13.0 Å². The summed E-state index contributed by atoms with van der Waals surface area (Å²) in [6, 6.07) is 3.49. The van der Waals surface area contributed by atoms with Crippen LogP contribution in [0.15, 0.2) is 22.7 Å². The molecule has 0 spiro atoms.